The van der Waals surface area contributed by atoms with Gasteiger partial charge >= 0.3 is 0 Å². The standard InChI is InChI=1S/C27H37N3OS/c1-3-30(4-2)15-16-31-25-10-9-23(27-18-22-7-5-6-8-26(22)32-27)17-24(25)20-29-19-21-11-13-28-14-12-21/h5-10,17-18,21,28-29H,3-4,11-16,19-20H2,1-2H3. The van der Waals surface area contributed by atoms with Crippen molar-refractivity contribution in [1.82, 2.24) is 15.5 Å². The number of piperidine rings is 1. The molecule has 0 amide bonds. The third-order valence-corrected chi connectivity index (χ3v) is 7.70. The van der Waals surface area contributed by atoms with Crippen LogP contribution in [0.2, 0.25) is 0 Å². The highest BCUT2D eigenvalue weighted by Crippen LogP contribution is 2.35. The van der Waals surface area contributed by atoms with Gasteiger partial charge in [0.15, 0.2) is 0 Å². The van der Waals surface area contributed by atoms with Crippen LogP contribution in [0, 0.1) is 5.92 Å². The van der Waals surface area contributed by atoms with E-state index >= 15 is 0 Å². The van der Waals surface area contributed by atoms with Gasteiger partial charge in [-0.25, -0.2) is 0 Å². The molecule has 2 N–H and O–H groups in total. The molecule has 1 aliphatic heterocycles. The monoisotopic (exact) mass is 451 g/mol. The second-order valence-electron chi connectivity index (χ2n) is 8.67. The fraction of sp³-hybridized carbons (Fsp3) is 0.481. The van der Waals surface area contributed by atoms with Crippen LogP contribution in [0.25, 0.3) is 20.5 Å². The van der Waals surface area contributed by atoms with Crippen LogP contribution in [0.4, 0.5) is 0 Å². The van der Waals surface area contributed by atoms with E-state index in [2.05, 4.69) is 77.9 Å². The summed E-state index contributed by atoms with van der Waals surface area (Å²) in [5.41, 5.74) is 2.54. The third-order valence-electron chi connectivity index (χ3n) is 6.54. The molecule has 32 heavy (non-hydrogen) atoms. The van der Waals surface area contributed by atoms with Crippen LogP contribution in [0.1, 0.15) is 32.3 Å². The number of ether oxygens (including phenoxy) is 1. The van der Waals surface area contributed by atoms with E-state index < -0.39 is 0 Å². The summed E-state index contributed by atoms with van der Waals surface area (Å²) in [5, 5.41) is 8.50. The van der Waals surface area contributed by atoms with Crippen molar-refractivity contribution in [2.75, 3.05) is 45.9 Å². The number of likely N-dealkylation sites (N-methyl/N-ethyl adjacent to an activating group) is 1. The van der Waals surface area contributed by atoms with Crippen molar-refractivity contribution in [2.45, 2.75) is 33.2 Å². The van der Waals surface area contributed by atoms with Gasteiger partial charge in [-0.05, 0) is 92.8 Å². The zero-order valence-corrected chi connectivity index (χ0v) is 20.3. The SMILES string of the molecule is CCN(CC)CCOc1ccc(-c2cc3ccccc3s2)cc1CNCC1CCNCC1. The van der Waals surface area contributed by atoms with Crippen molar-refractivity contribution in [3.63, 3.8) is 0 Å². The van der Waals surface area contributed by atoms with Crippen LogP contribution < -0.4 is 15.4 Å². The predicted molar refractivity (Wildman–Crippen MR) is 138 cm³/mol. The highest BCUT2D eigenvalue weighted by molar-refractivity contribution is 7.22. The van der Waals surface area contributed by atoms with Gasteiger partial charge < -0.3 is 20.3 Å². The van der Waals surface area contributed by atoms with Crippen molar-refractivity contribution in [3.05, 3.63) is 54.1 Å². The Kier molecular flexibility index (Phi) is 8.57. The first-order valence-corrected chi connectivity index (χ1v) is 13.0. The zero-order valence-electron chi connectivity index (χ0n) is 19.5. The topological polar surface area (TPSA) is 36.5 Å². The number of hydrogen-bond donors (Lipinski definition) is 2. The molecule has 3 aromatic rings. The maximum absolute atomic E-state index is 6.28. The van der Waals surface area contributed by atoms with Crippen LogP contribution in [0.3, 0.4) is 0 Å². The molecule has 0 aliphatic carbocycles. The number of nitrogens with one attached hydrogen (secondary N) is 2. The second-order valence-corrected chi connectivity index (χ2v) is 9.75. The van der Waals surface area contributed by atoms with Crippen molar-refractivity contribution in [1.29, 1.82) is 0 Å². The summed E-state index contributed by atoms with van der Waals surface area (Å²) < 4.78 is 7.62. The third kappa shape index (κ3) is 6.10. The van der Waals surface area contributed by atoms with E-state index in [9.17, 15) is 0 Å². The Hall–Kier alpha value is -1.92. The quantitative estimate of drug-likeness (QED) is 0.410. The highest BCUT2D eigenvalue weighted by Gasteiger charge is 2.14. The maximum atomic E-state index is 6.28. The number of rotatable bonds is 11. The lowest BCUT2D eigenvalue weighted by atomic mass is 9.98. The summed E-state index contributed by atoms with van der Waals surface area (Å²) >= 11 is 1.86. The van der Waals surface area contributed by atoms with E-state index in [-0.39, 0.29) is 0 Å². The number of nitrogens with zero attached hydrogens (tertiary/aromatic N) is 1. The molecule has 0 radical (unpaired) electrons. The zero-order chi connectivity index (χ0) is 22.2. The van der Waals surface area contributed by atoms with Crippen molar-refractivity contribution >= 4 is 21.4 Å². The lowest BCUT2D eigenvalue weighted by molar-refractivity contribution is 0.221. The van der Waals surface area contributed by atoms with Gasteiger partial charge in [-0.15, -0.1) is 11.3 Å². The maximum Gasteiger partial charge on any atom is 0.123 e. The van der Waals surface area contributed by atoms with Gasteiger partial charge in [0.05, 0.1) is 0 Å². The first-order chi connectivity index (χ1) is 15.8. The van der Waals surface area contributed by atoms with Gasteiger partial charge in [-0.2, -0.15) is 0 Å². The van der Waals surface area contributed by atoms with E-state index in [1.54, 1.807) is 0 Å². The minimum absolute atomic E-state index is 0.727. The summed E-state index contributed by atoms with van der Waals surface area (Å²) in [6, 6.07) is 17.6. The van der Waals surface area contributed by atoms with E-state index in [0.717, 1.165) is 64.1 Å². The minimum Gasteiger partial charge on any atom is -0.492 e. The largest absolute Gasteiger partial charge is 0.492 e. The van der Waals surface area contributed by atoms with Crippen LogP contribution in [0.15, 0.2) is 48.5 Å². The van der Waals surface area contributed by atoms with E-state index in [0.29, 0.717) is 0 Å². The first-order valence-electron chi connectivity index (χ1n) is 12.1. The van der Waals surface area contributed by atoms with Crippen molar-refractivity contribution < 1.29 is 4.74 Å². The predicted octanol–water partition coefficient (Wildman–Crippen LogP) is 5.38. The van der Waals surface area contributed by atoms with Crippen LogP contribution in [-0.2, 0) is 6.54 Å². The van der Waals surface area contributed by atoms with Gasteiger partial charge in [0.25, 0.3) is 0 Å². The van der Waals surface area contributed by atoms with Gasteiger partial charge in [-0.1, -0.05) is 32.0 Å². The van der Waals surface area contributed by atoms with Crippen LogP contribution in [0.5, 0.6) is 5.75 Å². The molecule has 2 heterocycles. The van der Waals surface area contributed by atoms with Crippen LogP contribution >= 0.6 is 11.3 Å². The van der Waals surface area contributed by atoms with Crippen LogP contribution in [-0.4, -0.2) is 50.8 Å². The van der Waals surface area contributed by atoms with Crippen molar-refractivity contribution in [3.8, 4) is 16.2 Å². The summed E-state index contributed by atoms with van der Waals surface area (Å²) in [6.07, 6.45) is 2.53. The molecule has 1 saturated heterocycles. The molecule has 0 atom stereocenters. The smallest absolute Gasteiger partial charge is 0.123 e. The normalized spacial score (nSPS) is 15.0. The molecule has 2 aromatic carbocycles. The van der Waals surface area contributed by atoms with E-state index in [1.807, 2.05) is 11.3 Å². The molecule has 5 heteroatoms. The molecule has 0 saturated carbocycles. The molecule has 0 unspecified atom stereocenters. The first kappa shape index (κ1) is 23.2. The molecule has 4 rings (SSSR count). The number of benzene rings is 2. The lowest BCUT2D eigenvalue weighted by Gasteiger charge is -2.23. The van der Waals surface area contributed by atoms with E-state index in [4.69, 9.17) is 4.74 Å². The molecule has 1 aliphatic rings. The molecule has 0 bridgehead atoms. The molecule has 172 valence electrons. The Morgan fingerprint density at radius 1 is 1.06 bits per heavy atom. The van der Waals surface area contributed by atoms with Gasteiger partial charge in [0, 0.05) is 28.2 Å². The molecule has 1 aromatic heterocycles. The van der Waals surface area contributed by atoms with E-state index in [1.165, 1.54) is 38.9 Å². The summed E-state index contributed by atoms with van der Waals surface area (Å²) in [5.74, 6) is 1.79. The Bertz CT molecular complexity index is 943. The molecular formula is C27H37N3OS. The minimum atomic E-state index is 0.727. The van der Waals surface area contributed by atoms with Gasteiger partial charge in [-0.3, -0.25) is 0 Å². The molecular weight excluding hydrogens is 414 g/mol. The summed E-state index contributed by atoms with van der Waals surface area (Å²) in [7, 11) is 0. The molecule has 4 nitrogen and oxygen atoms in total. The fourth-order valence-electron chi connectivity index (χ4n) is 4.46. The average Bonchev–Trinajstić information content (AvgIpc) is 3.27. The van der Waals surface area contributed by atoms with Crippen molar-refractivity contribution in [2.24, 2.45) is 5.92 Å². The lowest BCUT2D eigenvalue weighted by Crippen LogP contribution is -2.33. The fourth-order valence-corrected chi connectivity index (χ4v) is 5.52. The highest BCUT2D eigenvalue weighted by atomic mass is 32.1. The summed E-state index contributed by atoms with van der Waals surface area (Å²) in [6.45, 7) is 12.5. The van der Waals surface area contributed by atoms with Gasteiger partial charge in [0.2, 0.25) is 0 Å². The number of hydrogen-bond acceptors (Lipinski definition) is 5. The Balaban J connectivity index is 1.48. The Morgan fingerprint density at radius 2 is 1.88 bits per heavy atom. The second kappa shape index (κ2) is 11.8. The number of fused-ring (bicyclic) bond motifs is 1. The number of thiophene rings is 1. The average molecular weight is 452 g/mol. The Labute approximate surface area is 197 Å². The summed E-state index contributed by atoms with van der Waals surface area (Å²) in [4.78, 5) is 3.72. The van der Waals surface area contributed by atoms with Gasteiger partial charge in [0.1, 0.15) is 12.4 Å². The Morgan fingerprint density at radius 3 is 2.66 bits per heavy atom. The molecule has 0 spiro atoms. The molecule has 1 fully saturated rings.